The lowest BCUT2D eigenvalue weighted by Crippen LogP contribution is -2.40. The molecule has 0 N–H and O–H groups in total. The first-order valence-corrected chi connectivity index (χ1v) is 9.39. The minimum atomic E-state index is -3.08. The Labute approximate surface area is 128 Å². The van der Waals surface area contributed by atoms with Gasteiger partial charge in [-0.15, -0.1) is 0 Å². The van der Waals surface area contributed by atoms with E-state index in [2.05, 4.69) is 26.0 Å². The van der Waals surface area contributed by atoms with Crippen molar-refractivity contribution in [1.29, 1.82) is 0 Å². The normalized spacial score (nSPS) is 20.7. The molecule has 1 aromatic rings. The molecule has 1 fully saturated rings. The average Bonchev–Trinajstić information content (AvgIpc) is 2.45. The average molecular weight is 311 g/mol. The molecule has 0 amide bonds. The maximum Gasteiger partial charge on any atom is 0.211 e. The van der Waals surface area contributed by atoms with Gasteiger partial charge in [0, 0.05) is 19.0 Å². The lowest BCUT2D eigenvalue weighted by Gasteiger charge is -2.30. The number of hydrogen-bond donors (Lipinski definition) is 0. The molecule has 1 aliphatic rings. The third-order valence-corrected chi connectivity index (χ3v) is 5.25. The van der Waals surface area contributed by atoms with E-state index >= 15 is 0 Å². The van der Waals surface area contributed by atoms with E-state index in [9.17, 15) is 8.42 Å². The zero-order valence-electron chi connectivity index (χ0n) is 13.1. The molecule has 0 bridgehead atoms. The minimum Gasteiger partial charge on any atom is -0.493 e. The summed E-state index contributed by atoms with van der Waals surface area (Å²) in [6.07, 6.45) is 3.21. The molecule has 1 aliphatic heterocycles. The predicted molar refractivity (Wildman–Crippen MR) is 85.2 cm³/mol. The van der Waals surface area contributed by atoms with Crippen LogP contribution >= 0.6 is 0 Å². The Bertz CT molecular complexity index is 551. The Hall–Kier alpha value is -1.07. The van der Waals surface area contributed by atoms with Crippen molar-refractivity contribution < 1.29 is 13.2 Å². The van der Waals surface area contributed by atoms with E-state index in [0.29, 0.717) is 25.6 Å². The van der Waals surface area contributed by atoms with Gasteiger partial charge in [-0.2, -0.15) is 0 Å². The van der Waals surface area contributed by atoms with Crippen molar-refractivity contribution in [2.75, 3.05) is 26.0 Å². The van der Waals surface area contributed by atoms with Crippen LogP contribution in [0, 0.1) is 5.92 Å². The van der Waals surface area contributed by atoms with Crippen molar-refractivity contribution in [2.45, 2.75) is 32.6 Å². The van der Waals surface area contributed by atoms with Gasteiger partial charge in [-0.05, 0) is 36.5 Å². The zero-order valence-corrected chi connectivity index (χ0v) is 13.9. The summed E-state index contributed by atoms with van der Waals surface area (Å²) in [5.74, 6) is 1.65. The summed E-state index contributed by atoms with van der Waals surface area (Å²) in [5, 5.41) is 0. The van der Waals surface area contributed by atoms with Crippen molar-refractivity contribution in [1.82, 2.24) is 4.31 Å². The first kappa shape index (κ1) is 16.3. The highest BCUT2D eigenvalue weighted by molar-refractivity contribution is 7.88. The van der Waals surface area contributed by atoms with E-state index in [0.717, 1.165) is 18.6 Å². The van der Waals surface area contributed by atoms with Gasteiger partial charge in [0.2, 0.25) is 10.0 Å². The Morgan fingerprint density at radius 3 is 2.52 bits per heavy atom. The SMILES string of the molecule is CC(C)c1ccc(OCC2CCCN(S(C)(=O)=O)C2)cc1. The molecule has 1 atom stereocenters. The summed E-state index contributed by atoms with van der Waals surface area (Å²) in [4.78, 5) is 0. The quantitative estimate of drug-likeness (QED) is 0.840. The monoisotopic (exact) mass is 311 g/mol. The molecule has 118 valence electrons. The zero-order chi connectivity index (χ0) is 15.5. The molecular weight excluding hydrogens is 286 g/mol. The van der Waals surface area contributed by atoms with Crippen LogP contribution in [-0.2, 0) is 10.0 Å². The van der Waals surface area contributed by atoms with Crippen molar-refractivity contribution in [2.24, 2.45) is 5.92 Å². The molecule has 0 saturated carbocycles. The molecule has 0 spiro atoms. The summed E-state index contributed by atoms with van der Waals surface area (Å²) in [7, 11) is -3.08. The lowest BCUT2D eigenvalue weighted by molar-refractivity contribution is 0.180. The molecule has 21 heavy (non-hydrogen) atoms. The van der Waals surface area contributed by atoms with Crippen LogP contribution in [0.4, 0.5) is 0 Å². The minimum absolute atomic E-state index is 0.276. The van der Waals surface area contributed by atoms with Crippen LogP contribution in [0.5, 0.6) is 5.75 Å². The molecular formula is C16H25NO3S. The number of piperidine rings is 1. The highest BCUT2D eigenvalue weighted by Gasteiger charge is 2.26. The fourth-order valence-electron chi connectivity index (χ4n) is 2.63. The smallest absolute Gasteiger partial charge is 0.211 e. The summed E-state index contributed by atoms with van der Waals surface area (Å²) < 4.78 is 30.6. The molecule has 1 saturated heterocycles. The Balaban J connectivity index is 1.88. The molecule has 0 radical (unpaired) electrons. The molecule has 1 aromatic carbocycles. The number of rotatable bonds is 5. The maximum absolute atomic E-state index is 11.6. The second-order valence-electron chi connectivity index (χ2n) is 6.16. The van der Waals surface area contributed by atoms with E-state index in [-0.39, 0.29) is 5.92 Å². The third-order valence-electron chi connectivity index (χ3n) is 3.98. The molecule has 5 heteroatoms. The second-order valence-corrected chi connectivity index (χ2v) is 8.15. The van der Waals surface area contributed by atoms with Crippen LogP contribution in [-0.4, -0.2) is 38.7 Å². The van der Waals surface area contributed by atoms with E-state index in [1.54, 1.807) is 4.31 Å². The van der Waals surface area contributed by atoms with E-state index in [1.165, 1.54) is 11.8 Å². The molecule has 0 aliphatic carbocycles. The molecule has 1 unspecified atom stereocenters. The number of ether oxygens (including phenoxy) is 1. The largest absolute Gasteiger partial charge is 0.493 e. The lowest BCUT2D eigenvalue weighted by atomic mass is 10.0. The van der Waals surface area contributed by atoms with Gasteiger partial charge in [0.25, 0.3) is 0 Å². The van der Waals surface area contributed by atoms with Crippen molar-refractivity contribution >= 4 is 10.0 Å². The number of benzene rings is 1. The number of hydrogen-bond acceptors (Lipinski definition) is 3. The molecule has 0 aromatic heterocycles. The van der Waals surface area contributed by atoms with Crippen LogP contribution in [0.25, 0.3) is 0 Å². The van der Waals surface area contributed by atoms with Crippen molar-refractivity contribution in [3.8, 4) is 5.75 Å². The van der Waals surface area contributed by atoms with Crippen LogP contribution in [0.2, 0.25) is 0 Å². The van der Waals surface area contributed by atoms with Crippen LogP contribution in [0.3, 0.4) is 0 Å². The van der Waals surface area contributed by atoms with Gasteiger partial charge in [-0.1, -0.05) is 26.0 Å². The van der Waals surface area contributed by atoms with Crippen molar-refractivity contribution in [3.05, 3.63) is 29.8 Å². The topological polar surface area (TPSA) is 46.6 Å². The molecule has 1 heterocycles. The van der Waals surface area contributed by atoms with E-state index in [4.69, 9.17) is 4.74 Å². The predicted octanol–water partition coefficient (Wildman–Crippen LogP) is 2.86. The van der Waals surface area contributed by atoms with Gasteiger partial charge in [-0.3, -0.25) is 0 Å². The first-order chi connectivity index (χ1) is 9.86. The highest BCUT2D eigenvalue weighted by Crippen LogP contribution is 2.22. The van der Waals surface area contributed by atoms with Gasteiger partial charge >= 0.3 is 0 Å². The number of sulfonamides is 1. The summed E-state index contributed by atoms with van der Waals surface area (Å²) in [6.45, 7) is 6.11. The van der Waals surface area contributed by atoms with Gasteiger partial charge in [-0.25, -0.2) is 12.7 Å². The fourth-order valence-corrected chi connectivity index (χ4v) is 3.57. The molecule has 2 rings (SSSR count). The summed E-state index contributed by atoms with van der Waals surface area (Å²) >= 11 is 0. The van der Waals surface area contributed by atoms with E-state index < -0.39 is 10.0 Å². The second kappa shape index (κ2) is 6.79. The summed E-state index contributed by atoms with van der Waals surface area (Å²) in [6, 6.07) is 8.16. The Morgan fingerprint density at radius 2 is 1.95 bits per heavy atom. The van der Waals surface area contributed by atoms with Crippen LogP contribution in [0.1, 0.15) is 38.2 Å². The number of nitrogens with zero attached hydrogens (tertiary/aromatic N) is 1. The summed E-state index contributed by atoms with van der Waals surface area (Å²) in [5.41, 5.74) is 1.29. The highest BCUT2D eigenvalue weighted by atomic mass is 32.2. The third kappa shape index (κ3) is 4.71. The van der Waals surface area contributed by atoms with Crippen molar-refractivity contribution in [3.63, 3.8) is 0 Å². The van der Waals surface area contributed by atoms with Crippen LogP contribution < -0.4 is 4.74 Å². The Kier molecular flexibility index (Phi) is 5.27. The van der Waals surface area contributed by atoms with Gasteiger partial charge in [0.1, 0.15) is 5.75 Å². The first-order valence-electron chi connectivity index (χ1n) is 7.54. The van der Waals surface area contributed by atoms with Gasteiger partial charge in [0.05, 0.1) is 12.9 Å². The maximum atomic E-state index is 11.6. The standard InChI is InChI=1S/C16H25NO3S/c1-13(2)15-6-8-16(9-7-15)20-12-14-5-4-10-17(11-14)21(3,18)19/h6-9,13-14H,4-5,10-12H2,1-3H3. The molecule has 4 nitrogen and oxygen atoms in total. The van der Waals surface area contributed by atoms with Gasteiger partial charge in [0.15, 0.2) is 0 Å². The Morgan fingerprint density at radius 1 is 1.29 bits per heavy atom. The van der Waals surface area contributed by atoms with Crippen LogP contribution in [0.15, 0.2) is 24.3 Å². The van der Waals surface area contributed by atoms with E-state index in [1.807, 2.05) is 12.1 Å². The fraction of sp³-hybridized carbons (Fsp3) is 0.625. The van der Waals surface area contributed by atoms with Gasteiger partial charge < -0.3 is 4.74 Å².